The normalized spacial score (nSPS) is 26.0. The van der Waals surface area contributed by atoms with E-state index in [0.717, 1.165) is 13.0 Å². The summed E-state index contributed by atoms with van der Waals surface area (Å²) >= 11 is 0. The van der Waals surface area contributed by atoms with Gasteiger partial charge in [0.1, 0.15) is 5.82 Å². The van der Waals surface area contributed by atoms with Crippen molar-refractivity contribution in [1.82, 2.24) is 20.0 Å². The van der Waals surface area contributed by atoms with Crippen LogP contribution in [-0.4, -0.2) is 37.5 Å². The fourth-order valence-electron chi connectivity index (χ4n) is 1.95. The zero-order chi connectivity index (χ0) is 12.5. The van der Waals surface area contributed by atoms with Crippen molar-refractivity contribution in [1.29, 1.82) is 0 Å². The van der Waals surface area contributed by atoms with Gasteiger partial charge in [-0.25, -0.2) is 18.1 Å². The van der Waals surface area contributed by atoms with Crippen LogP contribution in [0.15, 0.2) is 11.2 Å². The first-order chi connectivity index (χ1) is 7.99. The lowest BCUT2D eigenvalue weighted by Gasteiger charge is -2.29. The molecule has 1 fully saturated rings. The van der Waals surface area contributed by atoms with Gasteiger partial charge in [0.05, 0.1) is 6.20 Å². The Balaban J connectivity index is 2.11. The summed E-state index contributed by atoms with van der Waals surface area (Å²) in [5, 5.41) is 3.32. The Morgan fingerprint density at radius 3 is 2.88 bits per heavy atom. The number of H-pyrrole nitrogens is 1. The van der Waals surface area contributed by atoms with Gasteiger partial charge in [0, 0.05) is 12.6 Å². The van der Waals surface area contributed by atoms with Crippen LogP contribution in [0.4, 0.5) is 0 Å². The molecule has 2 unspecified atom stereocenters. The van der Waals surface area contributed by atoms with E-state index in [1.807, 2.05) is 0 Å². The second-order valence-electron chi connectivity index (χ2n) is 4.53. The molecule has 7 heteroatoms. The van der Waals surface area contributed by atoms with E-state index in [-0.39, 0.29) is 11.1 Å². The molecule has 1 aromatic heterocycles. The molecule has 1 saturated heterocycles. The molecule has 3 N–H and O–H groups in total. The van der Waals surface area contributed by atoms with Gasteiger partial charge in [-0.15, -0.1) is 0 Å². The largest absolute Gasteiger partial charge is 0.332 e. The lowest BCUT2D eigenvalue weighted by atomic mass is 9.96. The van der Waals surface area contributed by atoms with Crippen molar-refractivity contribution in [3.05, 3.63) is 12.0 Å². The maximum atomic E-state index is 12.0. The fraction of sp³-hybridized carbons (Fsp3) is 0.700. The Morgan fingerprint density at radius 1 is 1.53 bits per heavy atom. The van der Waals surface area contributed by atoms with E-state index in [0.29, 0.717) is 18.3 Å². The van der Waals surface area contributed by atoms with Crippen molar-refractivity contribution in [3.63, 3.8) is 0 Å². The number of imidazole rings is 1. The van der Waals surface area contributed by atoms with E-state index < -0.39 is 10.0 Å². The topological polar surface area (TPSA) is 86.9 Å². The van der Waals surface area contributed by atoms with Gasteiger partial charge in [-0.2, -0.15) is 0 Å². The molecular weight excluding hydrogens is 240 g/mol. The standard InChI is InChI=1S/C10H18N4O2S/c1-7-3-4-11-5-9(7)14-17(15,16)10-6-12-8(2)13-10/h6-7,9,11,14H,3-5H2,1-2H3,(H,12,13). The molecule has 0 aliphatic carbocycles. The number of aromatic amines is 1. The molecular formula is C10H18N4O2S. The van der Waals surface area contributed by atoms with E-state index in [9.17, 15) is 8.42 Å². The predicted molar refractivity (Wildman–Crippen MR) is 64.1 cm³/mol. The van der Waals surface area contributed by atoms with Gasteiger partial charge in [-0.05, 0) is 25.8 Å². The number of nitrogens with one attached hydrogen (secondary N) is 3. The minimum atomic E-state index is -3.48. The van der Waals surface area contributed by atoms with Gasteiger partial charge in [-0.3, -0.25) is 0 Å². The highest BCUT2D eigenvalue weighted by atomic mass is 32.2. The molecule has 1 aliphatic heterocycles. The van der Waals surface area contributed by atoms with Gasteiger partial charge < -0.3 is 10.3 Å². The maximum Gasteiger partial charge on any atom is 0.257 e. The van der Waals surface area contributed by atoms with E-state index in [1.54, 1.807) is 6.92 Å². The lowest BCUT2D eigenvalue weighted by Crippen LogP contribution is -2.50. The summed E-state index contributed by atoms with van der Waals surface area (Å²) in [4.78, 5) is 6.64. The van der Waals surface area contributed by atoms with E-state index >= 15 is 0 Å². The first-order valence-corrected chi connectivity index (χ1v) is 7.22. The summed E-state index contributed by atoms with van der Waals surface area (Å²) in [6, 6.07) is -0.0580. The molecule has 2 atom stereocenters. The molecule has 2 rings (SSSR count). The number of aromatic nitrogens is 2. The van der Waals surface area contributed by atoms with Crippen LogP contribution in [0.25, 0.3) is 0 Å². The van der Waals surface area contributed by atoms with E-state index in [2.05, 4.69) is 26.9 Å². The van der Waals surface area contributed by atoms with Crippen LogP contribution in [0.5, 0.6) is 0 Å². The summed E-state index contributed by atoms with van der Waals surface area (Å²) in [5.74, 6) is 0.940. The van der Waals surface area contributed by atoms with Crippen molar-refractivity contribution in [2.45, 2.75) is 31.3 Å². The summed E-state index contributed by atoms with van der Waals surface area (Å²) in [7, 11) is -3.48. The maximum absolute atomic E-state index is 12.0. The third kappa shape index (κ3) is 2.85. The summed E-state index contributed by atoms with van der Waals surface area (Å²) in [6.07, 6.45) is 2.33. The molecule has 0 spiro atoms. The van der Waals surface area contributed by atoms with Crippen LogP contribution in [0.1, 0.15) is 19.2 Å². The summed E-state index contributed by atoms with van der Waals surface area (Å²) < 4.78 is 26.8. The molecule has 0 saturated carbocycles. The Bertz CT molecular complexity index is 482. The molecule has 17 heavy (non-hydrogen) atoms. The molecule has 96 valence electrons. The highest BCUT2D eigenvalue weighted by Gasteiger charge is 2.27. The summed E-state index contributed by atoms with van der Waals surface area (Å²) in [6.45, 7) is 5.41. The average molecular weight is 258 g/mol. The monoisotopic (exact) mass is 258 g/mol. The van der Waals surface area contributed by atoms with Crippen LogP contribution in [0.3, 0.4) is 0 Å². The van der Waals surface area contributed by atoms with Crippen LogP contribution >= 0.6 is 0 Å². The fourth-order valence-corrected chi connectivity index (χ4v) is 3.26. The molecule has 1 aliphatic rings. The Labute approximate surface area is 101 Å². The minimum Gasteiger partial charge on any atom is -0.332 e. The first kappa shape index (κ1) is 12.5. The second-order valence-corrected chi connectivity index (χ2v) is 6.21. The molecule has 0 bridgehead atoms. The first-order valence-electron chi connectivity index (χ1n) is 5.74. The van der Waals surface area contributed by atoms with Crippen molar-refractivity contribution in [2.75, 3.05) is 13.1 Å². The van der Waals surface area contributed by atoms with Gasteiger partial charge in [0.25, 0.3) is 10.0 Å². The predicted octanol–water partition coefficient (Wildman–Crippen LogP) is -0.00558. The molecule has 0 radical (unpaired) electrons. The van der Waals surface area contributed by atoms with Crippen LogP contribution < -0.4 is 10.0 Å². The smallest absolute Gasteiger partial charge is 0.257 e. The van der Waals surface area contributed by atoms with Crippen molar-refractivity contribution in [2.24, 2.45) is 5.92 Å². The van der Waals surface area contributed by atoms with Gasteiger partial charge in [0.15, 0.2) is 5.03 Å². The lowest BCUT2D eigenvalue weighted by molar-refractivity contribution is 0.327. The van der Waals surface area contributed by atoms with Gasteiger partial charge in [0.2, 0.25) is 0 Å². The number of hydrogen-bond donors (Lipinski definition) is 3. The SMILES string of the molecule is Cc1ncc(S(=O)(=O)NC2CNCCC2C)[nH]1. The number of aryl methyl sites for hydroxylation is 1. The van der Waals surface area contributed by atoms with Crippen molar-refractivity contribution < 1.29 is 8.42 Å². The minimum absolute atomic E-state index is 0.0580. The molecule has 6 nitrogen and oxygen atoms in total. The third-order valence-electron chi connectivity index (χ3n) is 3.10. The molecule has 1 aromatic rings. The van der Waals surface area contributed by atoms with Crippen LogP contribution in [0.2, 0.25) is 0 Å². The van der Waals surface area contributed by atoms with E-state index in [1.165, 1.54) is 6.20 Å². The Kier molecular flexibility index (Phi) is 3.50. The van der Waals surface area contributed by atoms with Gasteiger partial charge >= 0.3 is 0 Å². The highest BCUT2D eigenvalue weighted by Crippen LogP contribution is 2.14. The van der Waals surface area contributed by atoms with Crippen molar-refractivity contribution in [3.8, 4) is 0 Å². The third-order valence-corrected chi connectivity index (χ3v) is 4.50. The van der Waals surface area contributed by atoms with Crippen LogP contribution in [-0.2, 0) is 10.0 Å². The zero-order valence-electron chi connectivity index (χ0n) is 10.0. The number of rotatable bonds is 3. The second kappa shape index (κ2) is 4.75. The van der Waals surface area contributed by atoms with Crippen LogP contribution in [0, 0.1) is 12.8 Å². The van der Waals surface area contributed by atoms with Crippen molar-refractivity contribution >= 4 is 10.0 Å². The average Bonchev–Trinajstić information content (AvgIpc) is 2.69. The van der Waals surface area contributed by atoms with Gasteiger partial charge in [-0.1, -0.05) is 6.92 Å². The molecule has 0 aromatic carbocycles. The molecule has 2 heterocycles. The number of piperidine rings is 1. The highest BCUT2D eigenvalue weighted by molar-refractivity contribution is 7.89. The number of hydrogen-bond acceptors (Lipinski definition) is 4. The quantitative estimate of drug-likeness (QED) is 0.712. The summed E-state index contributed by atoms with van der Waals surface area (Å²) in [5.41, 5.74) is 0. The van der Waals surface area contributed by atoms with E-state index in [4.69, 9.17) is 0 Å². The number of sulfonamides is 1. The number of nitrogens with zero attached hydrogens (tertiary/aromatic N) is 1. The Morgan fingerprint density at radius 2 is 2.29 bits per heavy atom. The Hall–Kier alpha value is -0.920. The molecule has 0 amide bonds. The zero-order valence-corrected chi connectivity index (χ0v) is 10.8.